The van der Waals surface area contributed by atoms with Crippen LogP contribution >= 0.6 is 0 Å². The molecule has 2 amide bonds. The second-order valence-electron chi connectivity index (χ2n) is 10.0. The van der Waals surface area contributed by atoms with Crippen LogP contribution in [0.4, 0.5) is 5.69 Å². The Hall–Kier alpha value is -4.63. The maximum absolute atomic E-state index is 14.5. The van der Waals surface area contributed by atoms with Crippen LogP contribution in [0.5, 0.6) is 5.75 Å². The average molecular weight is 600 g/mol. The molecule has 0 fully saturated rings. The number of para-hydroxylation sites is 2. The van der Waals surface area contributed by atoms with E-state index in [9.17, 15) is 18.0 Å². The van der Waals surface area contributed by atoms with Crippen molar-refractivity contribution in [3.8, 4) is 5.75 Å². The second-order valence-corrected chi connectivity index (χ2v) is 11.9. The van der Waals surface area contributed by atoms with Gasteiger partial charge in [-0.1, -0.05) is 84.9 Å². The Morgan fingerprint density at radius 1 is 0.837 bits per heavy atom. The average Bonchev–Trinajstić information content (AvgIpc) is 3.03. The van der Waals surface area contributed by atoms with Gasteiger partial charge in [-0.3, -0.25) is 13.9 Å². The first-order chi connectivity index (χ1) is 20.8. The summed E-state index contributed by atoms with van der Waals surface area (Å²) in [5.41, 5.74) is 2.90. The molecule has 224 valence electrons. The number of hydrogen-bond donors (Lipinski definition) is 1. The van der Waals surface area contributed by atoms with Gasteiger partial charge in [0.1, 0.15) is 18.3 Å². The third-order valence-corrected chi connectivity index (χ3v) is 8.96. The highest BCUT2D eigenvalue weighted by Crippen LogP contribution is 2.32. The number of methoxy groups -OCH3 is 1. The number of anilines is 1. The molecule has 43 heavy (non-hydrogen) atoms. The Bertz CT molecular complexity index is 1630. The van der Waals surface area contributed by atoms with Crippen LogP contribution in [0.25, 0.3) is 0 Å². The molecule has 4 aromatic carbocycles. The van der Waals surface area contributed by atoms with E-state index in [2.05, 4.69) is 5.32 Å². The quantitative estimate of drug-likeness (QED) is 0.234. The molecular formula is C34H37N3O5S. The number of aryl methyl sites for hydroxylation is 1. The Labute approximate surface area is 254 Å². The molecule has 0 aliphatic heterocycles. The first-order valence-corrected chi connectivity index (χ1v) is 15.6. The van der Waals surface area contributed by atoms with Gasteiger partial charge in [0.2, 0.25) is 11.8 Å². The summed E-state index contributed by atoms with van der Waals surface area (Å²) in [6.45, 7) is 3.71. The minimum Gasteiger partial charge on any atom is -0.495 e. The molecule has 0 saturated heterocycles. The van der Waals surface area contributed by atoms with E-state index in [1.54, 1.807) is 42.5 Å². The van der Waals surface area contributed by atoms with Crippen molar-refractivity contribution in [1.82, 2.24) is 10.2 Å². The van der Waals surface area contributed by atoms with Crippen molar-refractivity contribution in [2.75, 3.05) is 24.5 Å². The zero-order valence-corrected chi connectivity index (χ0v) is 25.5. The summed E-state index contributed by atoms with van der Waals surface area (Å²) in [6, 6.07) is 30.8. The number of carbonyl (C=O) groups excluding carboxylic acids is 2. The SMILES string of the molecule is CCNC(=O)[C@@H](Cc1ccccc1)N(Cc1ccccc1C)C(=O)CN(c1ccccc1OC)S(=O)(=O)c1ccccc1. The van der Waals surface area contributed by atoms with Crippen LogP contribution in [-0.2, 0) is 32.6 Å². The fourth-order valence-corrected chi connectivity index (χ4v) is 6.33. The van der Waals surface area contributed by atoms with Crippen LogP contribution in [0.15, 0.2) is 114 Å². The Morgan fingerprint density at radius 2 is 1.44 bits per heavy atom. The van der Waals surface area contributed by atoms with Gasteiger partial charge in [-0.2, -0.15) is 0 Å². The van der Waals surface area contributed by atoms with Crippen molar-refractivity contribution in [3.63, 3.8) is 0 Å². The third-order valence-electron chi connectivity index (χ3n) is 7.19. The highest BCUT2D eigenvalue weighted by atomic mass is 32.2. The molecule has 0 heterocycles. The lowest BCUT2D eigenvalue weighted by atomic mass is 10.0. The highest BCUT2D eigenvalue weighted by Gasteiger charge is 2.35. The smallest absolute Gasteiger partial charge is 0.264 e. The summed E-state index contributed by atoms with van der Waals surface area (Å²) in [5, 5.41) is 2.88. The van der Waals surface area contributed by atoms with Gasteiger partial charge in [-0.05, 0) is 54.8 Å². The molecule has 0 unspecified atom stereocenters. The van der Waals surface area contributed by atoms with E-state index < -0.39 is 28.5 Å². The molecule has 4 aromatic rings. The highest BCUT2D eigenvalue weighted by molar-refractivity contribution is 7.92. The van der Waals surface area contributed by atoms with E-state index in [0.717, 1.165) is 21.0 Å². The fraction of sp³-hybridized carbons (Fsp3) is 0.235. The fourth-order valence-electron chi connectivity index (χ4n) is 4.89. The predicted octanol–water partition coefficient (Wildman–Crippen LogP) is 4.98. The molecule has 0 aliphatic rings. The van der Waals surface area contributed by atoms with Gasteiger partial charge in [0, 0.05) is 19.5 Å². The maximum Gasteiger partial charge on any atom is 0.264 e. The van der Waals surface area contributed by atoms with E-state index in [1.807, 2.05) is 68.4 Å². The molecule has 0 bridgehead atoms. The number of benzene rings is 4. The molecule has 8 nitrogen and oxygen atoms in total. The van der Waals surface area contributed by atoms with Gasteiger partial charge >= 0.3 is 0 Å². The van der Waals surface area contributed by atoms with Gasteiger partial charge in [0.25, 0.3) is 10.0 Å². The Balaban J connectivity index is 1.82. The zero-order chi connectivity index (χ0) is 30.8. The summed E-state index contributed by atoms with van der Waals surface area (Å²) in [4.78, 5) is 29.6. The summed E-state index contributed by atoms with van der Waals surface area (Å²) >= 11 is 0. The van der Waals surface area contributed by atoms with Gasteiger partial charge < -0.3 is 15.0 Å². The lowest BCUT2D eigenvalue weighted by Crippen LogP contribution is -2.53. The van der Waals surface area contributed by atoms with E-state index >= 15 is 0 Å². The number of amides is 2. The first-order valence-electron chi connectivity index (χ1n) is 14.1. The molecule has 4 rings (SSSR count). The molecule has 1 N–H and O–H groups in total. The third kappa shape index (κ3) is 7.61. The van der Waals surface area contributed by atoms with Gasteiger partial charge in [-0.25, -0.2) is 8.42 Å². The molecular weight excluding hydrogens is 562 g/mol. The summed E-state index contributed by atoms with van der Waals surface area (Å²) < 4.78 is 34.8. The zero-order valence-electron chi connectivity index (χ0n) is 24.6. The molecule has 0 radical (unpaired) electrons. The number of nitrogens with one attached hydrogen (secondary N) is 1. The molecule has 0 spiro atoms. The van der Waals surface area contributed by atoms with Crippen LogP contribution in [0, 0.1) is 6.92 Å². The summed E-state index contributed by atoms with van der Waals surface area (Å²) in [6.07, 6.45) is 0.254. The summed E-state index contributed by atoms with van der Waals surface area (Å²) in [7, 11) is -2.76. The number of hydrogen-bond acceptors (Lipinski definition) is 5. The number of sulfonamides is 1. The topological polar surface area (TPSA) is 96.0 Å². The lowest BCUT2D eigenvalue weighted by Gasteiger charge is -2.34. The largest absolute Gasteiger partial charge is 0.495 e. The van der Waals surface area contributed by atoms with E-state index in [4.69, 9.17) is 4.74 Å². The van der Waals surface area contributed by atoms with Gasteiger partial charge in [0.05, 0.1) is 17.7 Å². The van der Waals surface area contributed by atoms with Crippen molar-refractivity contribution in [2.45, 2.75) is 37.8 Å². The first kappa shape index (κ1) is 31.3. The Morgan fingerprint density at radius 3 is 2.09 bits per heavy atom. The van der Waals surface area contributed by atoms with E-state index in [-0.39, 0.29) is 29.5 Å². The standard InChI is InChI=1S/C34H37N3O5S/c1-4-35-34(39)31(23-27-16-7-5-8-17-27)36(24-28-18-12-11-15-26(28)2)33(38)25-37(30-21-13-14-22-32(30)42-3)43(40,41)29-19-9-6-10-20-29/h5-22,31H,4,23-25H2,1-3H3,(H,35,39)/t31-/m1/s1. The monoisotopic (exact) mass is 599 g/mol. The van der Waals surface area contributed by atoms with Crippen LogP contribution in [0.1, 0.15) is 23.6 Å². The van der Waals surface area contributed by atoms with Gasteiger partial charge in [0.15, 0.2) is 0 Å². The molecule has 9 heteroatoms. The number of nitrogens with zero attached hydrogens (tertiary/aromatic N) is 2. The van der Waals surface area contributed by atoms with Crippen molar-refractivity contribution >= 4 is 27.5 Å². The van der Waals surface area contributed by atoms with Crippen molar-refractivity contribution in [3.05, 3.63) is 126 Å². The number of carbonyl (C=O) groups is 2. The van der Waals surface area contributed by atoms with E-state index in [1.165, 1.54) is 24.1 Å². The van der Waals surface area contributed by atoms with E-state index in [0.29, 0.717) is 12.3 Å². The predicted molar refractivity (Wildman–Crippen MR) is 168 cm³/mol. The minimum absolute atomic E-state index is 0.0312. The number of rotatable bonds is 13. The molecule has 0 aliphatic carbocycles. The van der Waals surface area contributed by atoms with Crippen LogP contribution in [0.3, 0.4) is 0 Å². The second kappa shape index (κ2) is 14.5. The normalized spacial score (nSPS) is 11.8. The molecule has 1 atom stereocenters. The van der Waals surface area contributed by atoms with Crippen LogP contribution < -0.4 is 14.4 Å². The maximum atomic E-state index is 14.5. The van der Waals surface area contributed by atoms with Crippen molar-refractivity contribution in [1.29, 1.82) is 0 Å². The van der Waals surface area contributed by atoms with Crippen molar-refractivity contribution < 1.29 is 22.7 Å². The summed E-state index contributed by atoms with van der Waals surface area (Å²) in [5.74, 6) is -0.547. The van der Waals surface area contributed by atoms with Gasteiger partial charge in [-0.15, -0.1) is 0 Å². The minimum atomic E-state index is -4.21. The van der Waals surface area contributed by atoms with Crippen LogP contribution in [0.2, 0.25) is 0 Å². The number of ether oxygens (including phenoxy) is 1. The lowest BCUT2D eigenvalue weighted by molar-refractivity contribution is -0.140. The molecule has 0 aromatic heterocycles. The van der Waals surface area contributed by atoms with Crippen molar-refractivity contribution in [2.24, 2.45) is 0 Å². The Kier molecular flexibility index (Phi) is 10.6. The number of likely N-dealkylation sites (N-methyl/N-ethyl adjacent to an activating group) is 1. The van der Waals surface area contributed by atoms with Crippen LogP contribution in [-0.4, -0.2) is 51.4 Å². The molecule has 0 saturated carbocycles.